The lowest BCUT2D eigenvalue weighted by atomic mass is 10.3. The topological polar surface area (TPSA) is 72.9 Å². The van der Waals surface area contributed by atoms with Crippen molar-refractivity contribution in [1.82, 2.24) is 9.55 Å². The van der Waals surface area contributed by atoms with E-state index in [1.54, 1.807) is 16.7 Å². The van der Waals surface area contributed by atoms with Crippen LogP contribution in [0.25, 0.3) is 5.69 Å². The standard InChI is InChI=1S/C16H13FN4O/c17-11-6-8-12(9-7-11)19-16-20-15(22)10-14(18)21(16)13-4-2-1-3-5-13/h1-10H,18H2,(H,19,20,22). The molecule has 0 fully saturated rings. The molecular weight excluding hydrogens is 283 g/mol. The fraction of sp³-hybridized carbons (Fsp3) is 0. The summed E-state index contributed by atoms with van der Waals surface area (Å²) in [6, 6.07) is 16.3. The lowest BCUT2D eigenvalue weighted by Gasteiger charge is -2.16. The Morgan fingerprint density at radius 2 is 1.73 bits per heavy atom. The number of anilines is 3. The summed E-state index contributed by atoms with van der Waals surface area (Å²) in [4.78, 5) is 15.6. The van der Waals surface area contributed by atoms with Crippen LogP contribution in [0.15, 0.2) is 65.5 Å². The first kappa shape index (κ1) is 13.8. The second kappa shape index (κ2) is 5.69. The van der Waals surface area contributed by atoms with E-state index in [2.05, 4.69) is 10.3 Å². The van der Waals surface area contributed by atoms with Crippen LogP contribution in [-0.2, 0) is 0 Å². The van der Waals surface area contributed by atoms with Crippen LogP contribution < -0.4 is 16.6 Å². The van der Waals surface area contributed by atoms with Gasteiger partial charge in [-0.05, 0) is 36.4 Å². The molecule has 0 unspecified atom stereocenters. The van der Waals surface area contributed by atoms with E-state index in [0.717, 1.165) is 5.69 Å². The highest BCUT2D eigenvalue weighted by atomic mass is 19.1. The van der Waals surface area contributed by atoms with E-state index in [-0.39, 0.29) is 17.6 Å². The van der Waals surface area contributed by atoms with Gasteiger partial charge >= 0.3 is 0 Å². The molecule has 0 aliphatic heterocycles. The number of hydrogen-bond donors (Lipinski definition) is 2. The van der Waals surface area contributed by atoms with Gasteiger partial charge in [-0.2, -0.15) is 4.98 Å². The van der Waals surface area contributed by atoms with Crippen molar-refractivity contribution in [3.63, 3.8) is 0 Å². The van der Waals surface area contributed by atoms with E-state index in [9.17, 15) is 9.18 Å². The molecule has 1 heterocycles. The molecule has 3 N–H and O–H groups in total. The van der Waals surface area contributed by atoms with Crippen molar-refractivity contribution in [2.45, 2.75) is 0 Å². The summed E-state index contributed by atoms with van der Waals surface area (Å²) >= 11 is 0. The predicted molar refractivity (Wildman–Crippen MR) is 83.9 cm³/mol. The molecule has 0 atom stereocenters. The predicted octanol–water partition coefficient (Wildman–Crippen LogP) is 2.70. The highest BCUT2D eigenvalue weighted by Gasteiger charge is 2.09. The highest BCUT2D eigenvalue weighted by Crippen LogP contribution is 2.21. The number of nitrogens with zero attached hydrogens (tertiary/aromatic N) is 2. The van der Waals surface area contributed by atoms with Gasteiger partial charge in [0, 0.05) is 11.8 Å². The third-order valence-electron chi connectivity index (χ3n) is 3.07. The molecule has 2 aromatic carbocycles. The van der Waals surface area contributed by atoms with Crippen molar-refractivity contribution in [1.29, 1.82) is 0 Å². The minimum Gasteiger partial charge on any atom is -0.385 e. The Bertz CT molecular complexity index is 844. The van der Waals surface area contributed by atoms with Crippen LogP contribution >= 0.6 is 0 Å². The van der Waals surface area contributed by atoms with E-state index in [1.165, 1.54) is 18.2 Å². The maximum atomic E-state index is 13.0. The van der Waals surface area contributed by atoms with Gasteiger partial charge in [0.05, 0.1) is 5.69 Å². The van der Waals surface area contributed by atoms with Crippen LogP contribution in [0.5, 0.6) is 0 Å². The first-order chi connectivity index (χ1) is 10.6. The number of nitrogen functional groups attached to an aromatic ring is 1. The number of benzene rings is 2. The Kier molecular flexibility index (Phi) is 3.57. The smallest absolute Gasteiger partial charge is 0.276 e. The van der Waals surface area contributed by atoms with Crippen molar-refractivity contribution >= 4 is 17.5 Å². The number of nitrogens with one attached hydrogen (secondary N) is 1. The fourth-order valence-electron chi connectivity index (χ4n) is 2.09. The molecule has 0 spiro atoms. The van der Waals surface area contributed by atoms with E-state index in [0.29, 0.717) is 5.69 Å². The number of nitrogens with two attached hydrogens (primary N) is 1. The normalized spacial score (nSPS) is 10.4. The monoisotopic (exact) mass is 296 g/mol. The zero-order valence-electron chi connectivity index (χ0n) is 11.5. The summed E-state index contributed by atoms with van der Waals surface area (Å²) in [5, 5.41) is 2.99. The summed E-state index contributed by atoms with van der Waals surface area (Å²) in [5.41, 5.74) is 6.87. The zero-order valence-corrected chi connectivity index (χ0v) is 11.5. The van der Waals surface area contributed by atoms with Gasteiger partial charge in [-0.1, -0.05) is 18.2 Å². The summed E-state index contributed by atoms with van der Waals surface area (Å²) in [7, 11) is 0. The fourth-order valence-corrected chi connectivity index (χ4v) is 2.09. The Morgan fingerprint density at radius 1 is 1.05 bits per heavy atom. The molecular formula is C16H13FN4O. The van der Waals surface area contributed by atoms with Gasteiger partial charge < -0.3 is 11.1 Å². The van der Waals surface area contributed by atoms with Crippen LogP contribution in [0.2, 0.25) is 0 Å². The largest absolute Gasteiger partial charge is 0.385 e. The average molecular weight is 296 g/mol. The molecule has 6 heteroatoms. The summed E-state index contributed by atoms with van der Waals surface area (Å²) in [5.74, 6) is 0.185. The number of hydrogen-bond acceptors (Lipinski definition) is 4. The molecule has 3 aromatic rings. The van der Waals surface area contributed by atoms with Crippen LogP contribution in [0, 0.1) is 5.82 Å². The molecule has 0 saturated carbocycles. The second-order valence-electron chi connectivity index (χ2n) is 4.65. The second-order valence-corrected chi connectivity index (χ2v) is 4.65. The van der Waals surface area contributed by atoms with Crippen molar-refractivity contribution in [2.24, 2.45) is 0 Å². The van der Waals surface area contributed by atoms with Crippen LogP contribution in [0.1, 0.15) is 0 Å². The molecule has 0 saturated heterocycles. The molecule has 0 bridgehead atoms. The lowest BCUT2D eigenvalue weighted by molar-refractivity contribution is 0.628. The van der Waals surface area contributed by atoms with Crippen molar-refractivity contribution < 1.29 is 4.39 Å². The molecule has 3 rings (SSSR count). The Labute approximate surface area is 125 Å². The summed E-state index contributed by atoms with van der Waals surface area (Å²) < 4.78 is 14.6. The number of rotatable bonds is 3. The number of halogens is 1. The first-order valence-electron chi connectivity index (χ1n) is 6.61. The van der Waals surface area contributed by atoms with Crippen molar-refractivity contribution in [3.8, 4) is 5.69 Å². The molecule has 22 heavy (non-hydrogen) atoms. The van der Waals surface area contributed by atoms with Gasteiger partial charge in [-0.3, -0.25) is 9.36 Å². The van der Waals surface area contributed by atoms with Crippen molar-refractivity contribution in [3.05, 3.63) is 76.8 Å². The van der Waals surface area contributed by atoms with Crippen LogP contribution in [0.3, 0.4) is 0 Å². The molecule has 0 amide bonds. The van der Waals surface area contributed by atoms with Crippen molar-refractivity contribution in [2.75, 3.05) is 11.1 Å². The number of aromatic nitrogens is 2. The van der Waals surface area contributed by atoms with Gasteiger partial charge in [-0.25, -0.2) is 4.39 Å². The zero-order chi connectivity index (χ0) is 15.5. The maximum absolute atomic E-state index is 13.0. The maximum Gasteiger partial charge on any atom is 0.276 e. The van der Waals surface area contributed by atoms with Gasteiger partial charge in [0.25, 0.3) is 5.56 Å². The van der Waals surface area contributed by atoms with Crippen LogP contribution in [0.4, 0.5) is 21.8 Å². The molecule has 0 radical (unpaired) electrons. The van der Waals surface area contributed by atoms with Crippen LogP contribution in [-0.4, -0.2) is 9.55 Å². The first-order valence-corrected chi connectivity index (χ1v) is 6.61. The van der Waals surface area contributed by atoms with E-state index in [1.807, 2.05) is 30.3 Å². The number of para-hydroxylation sites is 1. The third kappa shape index (κ3) is 2.80. The van der Waals surface area contributed by atoms with E-state index in [4.69, 9.17) is 5.73 Å². The minimum absolute atomic E-state index is 0.260. The van der Waals surface area contributed by atoms with Gasteiger partial charge in [0.1, 0.15) is 11.6 Å². The average Bonchev–Trinajstić information content (AvgIpc) is 2.50. The SMILES string of the molecule is Nc1cc(=O)nc(Nc2ccc(F)cc2)n1-c1ccccc1. The Hall–Kier alpha value is -3.15. The van der Waals surface area contributed by atoms with Gasteiger partial charge in [0.2, 0.25) is 5.95 Å². The summed E-state index contributed by atoms with van der Waals surface area (Å²) in [6.45, 7) is 0. The van der Waals surface area contributed by atoms with Gasteiger partial charge in [-0.15, -0.1) is 0 Å². The lowest BCUT2D eigenvalue weighted by Crippen LogP contribution is -2.18. The molecule has 5 nitrogen and oxygen atoms in total. The Morgan fingerprint density at radius 3 is 2.41 bits per heavy atom. The quantitative estimate of drug-likeness (QED) is 0.779. The van der Waals surface area contributed by atoms with E-state index < -0.39 is 5.56 Å². The minimum atomic E-state index is -0.450. The van der Waals surface area contributed by atoms with Gasteiger partial charge in [0.15, 0.2) is 0 Å². The van der Waals surface area contributed by atoms with E-state index >= 15 is 0 Å². The summed E-state index contributed by atoms with van der Waals surface area (Å²) in [6.07, 6.45) is 0. The molecule has 1 aromatic heterocycles. The molecule has 0 aliphatic carbocycles. The molecule has 110 valence electrons. The third-order valence-corrected chi connectivity index (χ3v) is 3.07. The highest BCUT2D eigenvalue weighted by molar-refractivity contribution is 5.58. The molecule has 0 aliphatic rings. The Balaban J connectivity index is 2.10.